The van der Waals surface area contributed by atoms with Crippen LogP contribution in [0.25, 0.3) is 0 Å². The zero-order valence-corrected chi connectivity index (χ0v) is 11.6. The van der Waals surface area contributed by atoms with Crippen LogP contribution in [0, 0.1) is 12.7 Å². The van der Waals surface area contributed by atoms with Crippen molar-refractivity contribution in [3.05, 3.63) is 17.3 Å². The van der Waals surface area contributed by atoms with Crippen molar-refractivity contribution < 1.29 is 4.39 Å². The lowest BCUT2D eigenvalue weighted by molar-refractivity contribution is 0.599. The highest BCUT2D eigenvalue weighted by molar-refractivity contribution is 8.06. The van der Waals surface area contributed by atoms with Gasteiger partial charge in [-0.1, -0.05) is 6.92 Å². The summed E-state index contributed by atoms with van der Waals surface area (Å²) in [7, 11) is 0. The maximum atomic E-state index is 13.4. The number of thioether (sulfide) groups is 2. The molecule has 0 amide bonds. The monoisotopic (exact) mass is 273 g/mol. The van der Waals surface area contributed by atoms with Gasteiger partial charge >= 0.3 is 0 Å². The number of anilines is 1. The molecule has 1 fully saturated rings. The Balaban J connectivity index is 2.32. The minimum Gasteiger partial charge on any atom is -0.381 e. The third-order valence-electron chi connectivity index (χ3n) is 2.77. The summed E-state index contributed by atoms with van der Waals surface area (Å²) in [5, 5.41) is 0.735. The van der Waals surface area contributed by atoms with Crippen molar-refractivity contribution in [2.45, 2.75) is 30.8 Å². The average Bonchev–Trinajstić information content (AvgIpc) is 2.35. The third-order valence-corrected chi connectivity index (χ3v) is 6.01. The van der Waals surface area contributed by atoms with Crippen molar-refractivity contribution in [3.8, 4) is 0 Å². The molecule has 3 nitrogen and oxygen atoms in total. The van der Waals surface area contributed by atoms with Gasteiger partial charge in [0.25, 0.3) is 0 Å². The fraction of sp³-hybridized carbons (Fsp3) is 0.636. The number of aryl methyl sites for hydroxylation is 1. The SMILES string of the molecule is CCC1SCCSC1c1nc(C)c(F)c(N)n1. The van der Waals surface area contributed by atoms with Crippen LogP contribution < -0.4 is 5.73 Å². The summed E-state index contributed by atoms with van der Waals surface area (Å²) in [6, 6.07) is 0. The summed E-state index contributed by atoms with van der Waals surface area (Å²) < 4.78 is 13.4. The Morgan fingerprint density at radius 3 is 2.71 bits per heavy atom. The van der Waals surface area contributed by atoms with E-state index in [1.807, 2.05) is 23.5 Å². The molecule has 1 saturated heterocycles. The number of aromatic nitrogens is 2. The Morgan fingerprint density at radius 2 is 2.06 bits per heavy atom. The van der Waals surface area contributed by atoms with Gasteiger partial charge < -0.3 is 5.73 Å². The molecule has 1 aliphatic heterocycles. The lowest BCUT2D eigenvalue weighted by atomic mass is 10.2. The van der Waals surface area contributed by atoms with Crippen molar-refractivity contribution >= 4 is 29.3 Å². The molecule has 0 bridgehead atoms. The van der Waals surface area contributed by atoms with Gasteiger partial charge in [0, 0.05) is 16.8 Å². The largest absolute Gasteiger partial charge is 0.381 e. The van der Waals surface area contributed by atoms with E-state index in [-0.39, 0.29) is 11.1 Å². The molecule has 2 unspecified atom stereocenters. The number of nitrogens with two attached hydrogens (primary N) is 1. The van der Waals surface area contributed by atoms with Crippen LogP contribution in [0.5, 0.6) is 0 Å². The lowest BCUT2D eigenvalue weighted by Gasteiger charge is -2.28. The predicted octanol–water partition coefficient (Wildman–Crippen LogP) is 2.81. The summed E-state index contributed by atoms with van der Waals surface area (Å²) in [6.07, 6.45) is 1.07. The van der Waals surface area contributed by atoms with E-state index in [0.29, 0.717) is 16.8 Å². The maximum absolute atomic E-state index is 13.4. The highest BCUT2D eigenvalue weighted by atomic mass is 32.2. The van der Waals surface area contributed by atoms with E-state index >= 15 is 0 Å². The highest BCUT2D eigenvalue weighted by Gasteiger charge is 2.29. The Labute approximate surface area is 109 Å². The number of halogens is 1. The summed E-state index contributed by atoms with van der Waals surface area (Å²) in [6.45, 7) is 3.80. The summed E-state index contributed by atoms with van der Waals surface area (Å²) >= 11 is 3.80. The van der Waals surface area contributed by atoms with Gasteiger partial charge in [-0.05, 0) is 13.3 Å². The normalized spacial score (nSPS) is 24.9. The van der Waals surface area contributed by atoms with Gasteiger partial charge in [0.1, 0.15) is 5.82 Å². The molecule has 2 N–H and O–H groups in total. The minimum atomic E-state index is -0.490. The smallest absolute Gasteiger partial charge is 0.186 e. The first kappa shape index (κ1) is 13.0. The average molecular weight is 273 g/mol. The van der Waals surface area contributed by atoms with Crippen molar-refractivity contribution in [3.63, 3.8) is 0 Å². The van der Waals surface area contributed by atoms with Crippen molar-refractivity contribution in [2.24, 2.45) is 0 Å². The van der Waals surface area contributed by atoms with Crippen LogP contribution >= 0.6 is 23.5 Å². The molecule has 0 spiro atoms. The second-order valence-electron chi connectivity index (χ2n) is 3.98. The predicted molar refractivity (Wildman–Crippen MR) is 72.9 cm³/mol. The lowest BCUT2D eigenvalue weighted by Crippen LogP contribution is -2.21. The van der Waals surface area contributed by atoms with Crippen LogP contribution in [0.15, 0.2) is 0 Å². The second-order valence-corrected chi connectivity index (χ2v) is 6.57. The van der Waals surface area contributed by atoms with E-state index in [2.05, 4.69) is 16.9 Å². The molecule has 94 valence electrons. The fourth-order valence-electron chi connectivity index (χ4n) is 1.87. The molecule has 1 aliphatic rings. The van der Waals surface area contributed by atoms with E-state index in [9.17, 15) is 4.39 Å². The van der Waals surface area contributed by atoms with Crippen LogP contribution in [0.4, 0.5) is 10.2 Å². The molecule has 2 rings (SSSR count). The van der Waals surface area contributed by atoms with Gasteiger partial charge in [-0.15, -0.1) is 11.8 Å². The summed E-state index contributed by atoms with van der Waals surface area (Å²) in [5.74, 6) is 2.42. The topological polar surface area (TPSA) is 51.8 Å². The molecule has 2 heterocycles. The molecule has 0 aromatic carbocycles. The second kappa shape index (κ2) is 5.44. The molecule has 6 heteroatoms. The van der Waals surface area contributed by atoms with Crippen LogP contribution in [0.1, 0.15) is 30.1 Å². The van der Waals surface area contributed by atoms with Gasteiger partial charge in [0.2, 0.25) is 0 Å². The molecule has 2 atom stereocenters. The van der Waals surface area contributed by atoms with Crippen molar-refractivity contribution in [1.29, 1.82) is 0 Å². The quantitative estimate of drug-likeness (QED) is 0.898. The third kappa shape index (κ3) is 2.68. The van der Waals surface area contributed by atoms with Crippen LogP contribution in [-0.4, -0.2) is 26.7 Å². The Hall–Kier alpha value is -0.490. The number of hydrogen-bond acceptors (Lipinski definition) is 5. The van der Waals surface area contributed by atoms with Crippen LogP contribution in [-0.2, 0) is 0 Å². The zero-order valence-electron chi connectivity index (χ0n) is 9.94. The summed E-state index contributed by atoms with van der Waals surface area (Å²) in [5.41, 5.74) is 5.92. The maximum Gasteiger partial charge on any atom is 0.186 e. The number of rotatable bonds is 2. The molecule has 0 radical (unpaired) electrons. The minimum absolute atomic E-state index is 0.0291. The number of nitrogens with zero attached hydrogens (tertiary/aromatic N) is 2. The first-order valence-corrected chi connectivity index (χ1v) is 7.76. The fourth-order valence-corrected chi connectivity index (χ4v) is 4.86. The van der Waals surface area contributed by atoms with Gasteiger partial charge in [-0.25, -0.2) is 14.4 Å². The van der Waals surface area contributed by atoms with E-state index < -0.39 is 5.82 Å². The Morgan fingerprint density at radius 1 is 1.35 bits per heavy atom. The first-order chi connectivity index (χ1) is 8.13. The van der Waals surface area contributed by atoms with Crippen LogP contribution in [0.2, 0.25) is 0 Å². The van der Waals surface area contributed by atoms with E-state index in [4.69, 9.17) is 5.73 Å². The van der Waals surface area contributed by atoms with Gasteiger partial charge in [0.05, 0.1) is 10.9 Å². The number of nitrogen functional groups attached to an aromatic ring is 1. The van der Waals surface area contributed by atoms with Gasteiger partial charge in [-0.2, -0.15) is 11.8 Å². The molecule has 0 saturated carbocycles. The molecule has 17 heavy (non-hydrogen) atoms. The van der Waals surface area contributed by atoms with E-state index in [1.165, 1.54) is 0 Å². The van der Waals surface area contributed by atoms with Gasteiger partial charge in [0.15, 0.2) is 11.6 Å². The molecule has 0 aliphatic carbocycles. The summed E-state index contributed by atoms with van der Waals surface area (Å²) in [4.78, 5) is 8.37. The molecular formula is C11H16FN3S2. The number of hydrogen-bond donors (Lipinski definition) is 1. The van der Waals surface area contributed by atoms with Crippen molar-refractivity contribution in [1.82, 2.24) is 9.97 Å². The molecule has 1 aromatic rings. The first-order valence-electron chi connectivity index (χ1n) is 5.66. The Bertz CT molecular complexity index is 391. The van der Waals surface area contributed by atoms with E-state index in [1.54, 1.807) is 6.92 Å². The zero-order chi connectivity index (χ0) is 12.4. The molecular weight excluding hydrogens is 257 g/mol. The Kier molecular flexibility index (Phi) is 4.14. The van der Waals surface area contributed by atoms with E-state index in [0.717, 1.165) is 17.9 Å². The van der Waals surface area contributed by atoms with Gasteiger partial charge in [-0.3, -0.25) is 0 Å². The van der Waals surface area contributed by atoms with Crippen LogP contribution in [0.3, 0.4) is 0 Å². The van der Waals surface area contributed by atoms with Crippen molar-refractivity contribution in [2.75, 3.05) is 17.2 Å². The highest BCUT2D eigenvalue weighted by Crippen LogP contribution is 2.43. The molecule has 1 aromatic heterocycles. The standard InChI is InChI=1S/C11H16FN3S2/c1-3-7-9(17-5-4-16-7)11-14-6(2)8(12)10(13)15-11/h7,9H,3-5H2,1-2H3,(H2,13,14,15).